The van der Waals surface area contributed by atoms with E-state index in [4.69, 9.17) is 5.11 Å². The van der Waals surface area contributed by atoms with Crippen molar-refractivity contribution in [2.24, 2.45) is 0 Å². The summed E-state index contributed by atoms with van der Waals surface area (Å²) in [5, 5.41) is 10.0. The van der Waals surface area contributed by atoms with Crippen molar-refractivity contribution in [2.75, 3.05) is 0 Å². The summed E-state index contributed by atoms with van der Waals surface area (Å²) in [7, 11) is 0. The van der Waals surface area contributed by atoms with E-state index in [1.165, 1.54) is 6.92 Å². The van der Waals surface area contributed by atoms with Crippen molar-refractivity contribution in [1.82, 2.24) is 5.06 Å². The lowest BCUT2D eigenvalue weighted by Gasteiger charge is -2.21. The summed E-state index contributed by atoms with van der Waals surface area (Å²) in [6.45, 7) is 1.47. The van der Waals surface area contributed by atoms with Gasteiger partial charge in [0.1, 0.15) is 0 Å². The van der Waals surface area contributed by atoms with Crippen LogP contribution >= 0.6 is 0 Å². The molecule has 1 aromatic carbocycles. The fraction of sp³-hybridized carbons (Fsp3) is 0.273. The van der Waals surface area contributed by atoms with Crippen molar-refractivity contribution in [1.29, 1.82) is 0 Å². The molecule has 0 unspecified atom stereocenters. The molecule has 1 heterocycles. The number of nitrogens with zero attached hydrogens (tertiary/aromatic N) is 1. The monoisotopic (exact) mass is 221 g/mol. The van der Waals surface area contributed by atoms with Gasteiger partial charge in [-0.1, -0.05) is 30.3 Å². The Morgan fingerprint density at radius 2 is 2.00 bits per heavy atom. The number of benzene rings is 1. The van der Waals surface area contributed by atoms with Crippen LogP contribution in [0.5, 0.6) is 0 Å². The average molecular weight is 221 g/mol. The first kappa shape index (κ1) is 10.5. The minimum atomic E-state index is -1.33. The van der Waals surface area contributed by atoms with Gasteiger partial charge in [-0.3, -0.25) is 0 Å². The molecule has 1 N–H and O–H groups in total. The lowest BCUT2D eigenvalue weighted by molar-refractivity contribution is -0.150. The number of hydrogen-bond acceptors (Lipinski definition) is 3. The summed E-state index contributed by atoms with van der Waals surface area (Å²) in [5.74, 6) is -1.08. The molecule has 1 aromatic rings. The molecule has 1 aliphatic rings. The van der Waals surface area contributed by atoms with E-state index < -0.39 is 17.6 Å². The molecule has 16 heavy (non-hydrogen) atoms. The van der Waals surface area contributed by atoms with Gasteiger partial charge in [-0.05, 0) is 12.5 Å². The highest BCUT2D eigenvalue weighted by molar-refractivity contribution is 5.88. The second kappa shape index (κ2) is 3.52. The quantitative estimate of drug-likeness (QED) is 0.781. The fourth-order valence-electron chi connectivity index (χ4n) is 1.59. The van der Waals surface area contributed by atoms with Gasteiger partial charge < -0.3 is 9.94 Å². The van der Waals surface area contributed by atoms with Crippen LogP contribution in [-0.2, 0) is 16.1 Å². The second-order valence-corrected chi connectivity index (χ2v) is 3.89. The SMILES string of the molecule is C[C@](Cc1ccccc1)(C(=O)O)N1OC1=O. The van der Waals surface area contributed by atoms with Crippen LogP contribution in [0.1, 0.15) is 12.5 Å². The highest BCUT2D eigenvalue weighted by Crippen LogP contribution is 2.30. The van der Waals surface area contributed by atoms with Crippen LogP contribution in [-0.4, -0.2) is 27.8 Å². The molecule has 0 aromatic heterocycles. The standard InChI is InChI=1S/C11H11NO4/c1-11(9(13)14,12-10(15)16-12)7-8-5-3-2-4-6-8/h2-6H,7H2,1H3,(H,13,14)/t11-,12?/m0/s1. The van der Waals surface area contributed by atoms with Crippen molar-refractivity contribution >= 4 is 12.1 Å². The van der Waals surface area contributed by atoms with Crippen LogP contribution in [0, 0.1) is 0 Å². The first-order chi connectivity index (χ1) is 7.54. The van der Waals surface area contributed by atoms with Crippen molar-refractivity contribution in [2.45, 2.75) is 18.9 Å². The first-order valence-electron chi connectivity index (χ1n) is 4.83. The Hall–Kier alpha value is -2.04. The average Bonchev–Trinajstić information content (AvgIpc) is 2.97. The normalized spacial score (nSPS) is 17.6. The maximum atomic E-state index is 11.2. The zero-order valence-corrected chi connectivity index (χ0v) is 8.71. The number of hydroxylamine groups is 2. The predicted octanol–water partition coefficient (Wildman–Crippen LogP) is 1.44. The molecule has 5 heteroatoms. The zero-order chi connectivity index (χ0) is 11.8. The Bertz CT molecular complexity index is 431. The third kappa shape index (κ3) is 1.71. The molecule has 2 rings (SSSR count). The lowest BCUT2D eigenvalue weighted by Crippen LogP contribution is -2.45. The Morgan fingerprint density at radius 1 is 1.44 bits per heavy atom. The van der Waals surface area contributed by atoms with Gasteiger partial charge in [-0.15, -0.1) is 5.06 Å². The molecule has 1 atom stereocenters. The number of aliphatic carboxylic acids is 1. The van der Waals surface area contributed by atoms with Crippen LogP contribution in [0.25, 0.3) is 0 Å². The highest BCUT2D eigenvalue weighted by Gasteiger charge is 2.55. The topological polar surface area (TPSA) is 69.9 Å². The third-order valence-corrected chi connectivity index (χ3v) is 2.60. The fourth-order valence-corrected chi connectivity index (χ4v) is 1.59. The molecule has 1 amide bonds. The number of carboxylic acids is 1. The Morgan fingerprint density at radius 3 is 2.44 bits per heavy atom. The molecule has 5 nitrogen and oxygen atoms in total. The molecule has 0 aliphatic carbocycles. The molecule has 84 valence electrons. The Balaban J connectivity index is 2.22. The van der Waals surface area contributed by atoms with E-state index in [9.17, 15) is 9.59 Å². The van der Waals surface area contributed by atoms with Crippen molar-refractivity contribution in [3.63, 3.8) is 0 Å². The smallest absolute Gasteiger partial charge is 0.469 e. The molecular weight excluding hydrogens is 210 g/mol. The van der Waals surface area contributed by atoms with E-state index in [-0.39, 0.29) is 6.42 Å². The van der Waals surface area contributed by atoms with Crippen LogP contribution < -0.4 is 0 Å². The highest BCUT2D eigenvalue weighted by atomic mass is 16.9. The van der Waals surface area contributed by atoms with Gasteiger partial charge >= 0.3 is 12.1 Å². The summed E-state index contributed by atoms with van der Waals surface area (Å²) in [6.07, 6.45) is -0.379. The third-order valence-electron chi connectivity index (χ3n) is 2.60. The minimum absolute atomic E-state index is 0.217. The maximum Gasteiger partial charge on any atom is 0.469 e. The van der Waals surface area contributed by atoms with Crippen LogP contribution in [0.15, 0.2) is 30.3 Å². The van der Waals surface area contributed by atoms with Gasteiger partial charge in [0.15, 0.2) is 5.54 Å². The van der Waals surface area contributed by atoms with Gasteiger partial charge in [0.05, 0.1) is 0 Å². The molecule has 1 aliphatic heterocycles. The zero-order valence-electron chi connectivity index (χ0n) is 8.71. The van der Waals surface area contributed by atoms with Crippen molar-refractivity contribution in [3.8, 4) is 0 Å². The van der Waals surface area contributed by atoms with E-state index in [0.717, 1.165) is 10.6 Å². The summed E-state index contributed by atoms with van der Waals surface area (Å²) >= 11 is 0. The maximum absolute atomic E-state index is 11.2. The largest absolute Gasteiger partial charge is 0.479 e. The molecule has 1 saturated heterocycles. The number of carboxylic acid groups (broad SMARTS) is 1. The number of amides is 1. The Labute approximate surface area is 92.2 Å². The molecule has 0 radical (unpaired) electrons. The van der Waals surface area contributed by atoms with Gasteiger partial charge in [0.25, 0.3) is 0 Å². The van der Waals surface area contributed by atoms with Crippen LogP contribution in [0.3, 0.4) is 0 Å². The number of carbonyl (C=O) groups excluding carboxylic acids is 1. The van der Waals surface area contributed by atoms with E-state index in [2.05, 4.69) is 4.84 Å². The van der Waals surface area contributed by atoms with E-state index in [0.29, 0.717) is 0 Å². The van der Waals surface area contributed by atoms with Gasteiger partial charge in [-0.25, -0.2) is 9.59 Å². The van der Waals surface area contributed by atoms with Gasteiger partial charge in [-0.2, -0.15) is 0 Å². The van der Waals surface area contributed by atoms with E-state index >= 15 is 0 Å². The first-order valence-corrected chi connectivity index (χ1v) is 4.83. The van der Waals surface area contributed by atoms with E-state index in [1.54, 1.807) is 0 Å². The molecule has 0 bridgehead atoms. The molecule has 1 fully saturated rings. The second-order valence-electron chi connectivity index (χ2n) is 3.89. The number of hydrogen-bond donors (Lipinski definition) is 1. The number of rotatable bonds is 4. The number of carbonyl (C=O) groups is 2. The van der Waals surface area contributed by atoms with Crippen LogP contribution in [0.4, 0.5) is 4.79 Å². The molecule has 0 saturated carbocycles. The summed E-state index contributed by atoms with van der Waals surface area (Å²) in [4.78, 5) is 26.6. The van der Waals surface area contributed by atoms with Gasteiger partial charge in [0.2, 0.25) is 0 Å². The van der Waals surface area contributed by atoms with Crippen molar-refractivity contribution in [3.05, 3.63) is 35.9 Å². The summed E-state index contributed by atoms with van der Waals surface area (Å²) in [6, 6.07) is 9.12. The summed E-state index contributed by atoms with van der Waals surface area (Å²) in [5.41, 5.74) is -0.492. The van der Waals surface area contributed by atoms with Crippen LogP contribution in [0.2, 0.25) is 0 Å². The van der Waals surface area contributed by atoms with Gasteiger partial charge in [0, 0.05) is 6.42 Å². The lowest BCUT2D eigenvalue weighted by atomic mass is 9.93. The minimum Gasteiger partial charge on any atom is -0.479 e. The van der Waals surface area contributed by atoms with E-state index in [1.807, 2.05) is 30.3 Å². The molecule has 0 spiro atoms. The Kier molecular flexibility index (Phi) is 2.30. The van der Waals surface area contributed by atoms with Crippen molar-refractivity contribution < 1.29 is 19.5 Å². The molecular formula is C11H11NO4. The predicted molar refractivity (Wildman–Crippen MR) is 54.5 cm³/mol. The summed E-state index contributed by atoms with van der Waals surface area (Å²) < 4.78 is 0.